The maximum Gasteiger partial charge on any atom is 0.255 e. The largest absolute Gasteiger partial charge is 0.377 e. The molecular formula is C13H18N2O3. The third-order valence-corrected chi connectivity index (χ3v) is 3.89. The molecule has 2 aliphatic rings. The number of ether oxygens (including phenoxy) is 2. The van der Waals surface area contributed by atoms with Crippen molar-refractivity contribution in [3.8, 4) is 0 Å². The van der Waals surface area contributed by atoms with Crippen molar-refractivity contribution in [3.63, 3.8) is 0 Å². The van der Waals surface area contributed by atoms with Gasteiger partial charge in [-0.15, -0.1) is 0 Å². The number of amides is 1. The van der Waals surface area contributed by atoms with E-state index < -0.39 is 0 Å². The molecule has 0 spiro atoms. The second-order valence-corrected chi connectivity index (χ2v) is 4.88. The highest BCUT2D eigenvalue weighted by Gasteiger charge is 2.46. The third kappa shape index (κ3) is 1.83. The molecule has 0 unspecified atom stereocenters. The maximum atomic E-state index is 12.4. The zero-order chi connectivity index (χ0) is 12.5. The second-order valence-electron chi connectivity index (χ2n) is 4.88. The van der Waals surface area contributed by atoms with Gasteiger partial charge in [0.25, 0.3) is 5.91 Å². The van der Waals surface area contributed by atoms with E-state index in [0.717, 1.165) is 19.4 Å². The number of nitrogens with zero attached hydrogens (tertiary/aromatic N) is 1. The van der Waals surface area contributed by atoms with Crippen LogP contribution in [0.1, 0.15) is 23.2 Å². The predicted octanol–water partition coefficient (Wildman–Crippen LogP) is 1.03. The molecule has 0 radical (unpaired) electrons. The highest BCUT2D eigenvalue weighted by atomic mass is 16.5. The Bertz CT molecular complexity index is 418. The van der Waals surface area contributed by atoms with Crippen molar-refractivity contribution in [2.75, 3.05) is 20.3 Å². The SMILES string of the molecule is CO[C@H]1CN(C(=O)c2cc[nH]c2)[C@@H]2CCCO[C@H]12. The third-order valence-electron chi connectivity index (χ3n) is 3.89. The molecule has 5 nitrogen and oxygen atoms in total. The summed E-state index contributed by atoms with van der Waals surface area (Å²) in [7, 11) is 1.68. The first-order chi connectivity index (χ1) is 8.81. The van der Waals surface area contributed by atoms with Crippen LogP contribution in [0.3, 0.4) is 0 Å². The molecule has 1 aromatic rings. The van der Waals surface area contributed by atoms with Gasteiger partial charge >= 0.3 is 0 Å². The molecule has 3 heterocycles. The number of aromatic nitrogens is 1. The fourth-order valence-electron chi connectivity index (χ4n) is 2.97. The van der Waals surface area contributed by atoms with Crippen molar-refractivity contribution in [2.45, 2.75) is 31.1 Å². The van der Waals surface area contributed by atoms with Gasteiger partial charge in [-0.05, 0) is 18.9 Å². The quantitative estimate of drug-likeness (QED) is 0.853. The number of rotatable bonds is 2. The number of aromatic amines is 1. The lowest BCUT2D eigenvalue weighted by Crippen LogP contribution is -2.43. The summed E-state index contributed by atoms with van der Waals surface area (Å²) in [6.07, 6.45) is 5.55. The van der Waals surface area contributed by atoms with Crippen molar-refractivity contribution in [1.29, 1.82) is 0 Å². The van der Waals surface area contributed by atoms with Gasteiger partial charge in [-0.25, -0.2) is 0 Å². The molecular weight excluding hydrogens is 232 g/mol. The molecule has 0 saturated carbocycles. The van der Waals surface area contributed by atoms with Crippen LogP contribution >= 0.6 is 0 Å². The summed E-state index contributed by atoms with van der Waals surface area (Å²) < 4.78 is 11.2. The molecule has 5 heteroatoms. The Hall–Kier alpha value is -1.33. The van der Waals surface area contributed by atoms with Crippen LogP contribution in [0.15, 0.2) is 18.5 Å². The van der Waals surface area contributed by atoms with E-state index in [1.54, 1.807) is 25.6 Å². The fraction of sp³-hybridized carbons (Fsp3) is 0.615. The van der Waals surface area contributed by atoms with Gasteiger partial charge in [-0.1, -0.05) is 0 Å². The molecule has 0 bridgehead atoms. The first-order valence-corrected chi connectivity index (χ1v) is 6.39. The Balaban J connectivity index is 1.82. The Morgan fingerprint density at radius 1 is 1.61 bits per heavy atom. The van der Waals surface area contributed by atoms with Crippen LogP contribution in [0, 0.1) is 0 Å². The summed E-state index contributed by atoms with van der Waals surface area (Å²) in [5.74, 6) is 0.0660. The summed E-state index contributed by atoms with van der Waals surface area (Å²) in [5, 5.41) is 0. The molecule has 1 amide bonds. The average Bonchev–Trinajstić information content (AvgIpc) is 3.05. The van der Waals surface area contributed by atoms with Crippen molar-refractivity contribution < 1.29 is 14.3 Å². The van der Waals surface area contributed by atoms with E-state index in [1.165, 1.54) is 0 Å². The van der Waals surface area contributed by atoms with E-state index in [9.17, 15) is 4.79 Å². The zero-order valence-electron chi connectivity index (χ0n) is 10.5. The number of H-pyrrole nitrogens is 1. The van der Waals surface area contributed by atoms with E-state index >= 15 is 0 Å². The molecule has 18 heavy (non-hydrogen) atoms. The van der Waals surface area contributed by atoms with Gasteiger partial charge in [0, 0.05) is 26.1 Å². The Morgan fingerprint density at radius 2 is 2.50 bits per heavy atom. The normalized spacial score (nSPS) is 31.4. The zero-order valence-corrected chi connectivity index (χ0v) is 10.5. The van der Waals surface area contributed by atoms with Crippen LogP contribution in [-0.4, -0.2) is 54.3 Å². The Morgan fingerprint density at radius 3 is 3.22 bits per heavy atom. The molecule has 2 aliphatic heterocycles. The van der Waals surface area contributed by atoms with E-state index in [2.05, 4.69) is 4.98 Å². The fourth-order valence-corrected chi connectivity index (χ4v) is 2.97. The highest BCUT2D eigenvalue weighted by Crippen LogP contribution is 2.31. The molecule has 3 rings (SSSR count). The van der Waals surface area contributed by atoms with E-state index in [0.29, 0.717) is 12.1 Å². The number of hydrogen-bond donors (Lipinski definition) is 1. The number of nitrogens with one attached hydrogen (secondary N) is 1. The van der Waals surface area contributed by atoms with Crippen LogP contribution in [-0.2, 0) is 9.47 Å². The predicted molar refractivity (Wildman–Crippen MR) is 65.4 cm³/mol. The Labute approximate surface area is 106 Å². The highest BCUT2D eigenvalue weighted by molar-refractivity contribution is 5.94. The average molecular weight is 250 g/mol. The lowest BCUT2D eigenvalue weighted by Gasteiger charge is -2.31. The monoisotopic (exact) mass is 250 g/mol. The molecule has 3 atom stereocenters. The number of methoxy groups -OCH3 is 1. The molecule has 98 valence electrons. The summed E-state index contributed by atoms with van der Waals surface area (Å²) in [6, 6.07) is 1.97. The minimum atomic E-state index is -0.00167. The number of carbonyl (C=O) groups is 1. The minimum absolute atomic E-state index is 0.00167. The molecule has 1 N–H and O–H groups in total. The van der Waals surface area contributed by atoms with Gasteiger partial charge in [0.15, 0.2) is 0 Å². The van der Waals surface area contributed by atoms with Crippen LogP contribution < -0.4 is 0 Å². The van der Waals surface area contributed by atoms with Crippen LogP contribution in [0.5, 0.6) is 0 Å². The number of carbonyl (C=O) groups excluding carboxylic acids is 1. The summed E-state index contributed by atoms with van der Waals surface area (Å²) in [6.45, 7) is 1.39. The molecule has 0 aliphatic carbocycles. The van der Waals surface area contributed by atoms with Gasteiger partial charge < -0.3 is 19.4 Å². The molecule has 2 saturated heterocycles. The maximum absolute atomic E-state index is 12.4. The van der Waals surface area contributed by atoms with Gasteiger partial charge in [0.2, 0.25) is 0 Å². The van der Waals surface area contributed by atoms with Crippen molar-refractivity contribution in [3.05, 3.63) is 24.0 Å². The Kier molecular flexibility index (Phi) is 3.09. The van der Waals surface area contributed by atoms with Gasteiger partial charge in [0.1, 0.15) is 12.2 Å². The van der Waals surface area contributed by atoms with Crippen LogP contribution in [0.25, 0.3) is 0 Å². The van der Waals surface area contributed by atoms with Gasteiger partial charge in [-0.2, -0.15) is 0 Å². The summed E-state index contributed by atoms with van der Waals surface area (Å²) in [4.78, 5) is 17.2. The lowest BCUT2D eigenvalue weighted by molar-refractivity contribution is -0.0639. The van der Waals surface area contributed by atoms with Crippen LogP contribution in [0.2, 0.25) is 0 Å². The lowest BCUT2D eigenvalue weighted by atomic mass is 10.0. The van der Waals surface area contributed by atoms with Gasteiger partial charge in [-0.3, -0.25) is 4.79 Å². The summed E-state index contributed by atoms with van der Waals surface area (Å²) >= 11 is 0. The number of hydrogen-bond acceptors (Lipinski definition) is 3. The second kappa shape index (κ2) is 4.74. The standard InChI is InChI=1S/C13H18N2O3/c1-17-11-8-15(10-3-2-6-18-12(10)11)13(16)9-4-5-14-7-9/h4-5,7,10-12,14H,2-3,6,8H2,1H3/t10-,11+,12+/m1/s1. The van der Waals surface area contributed by atoms with Crippen molar-refractivity contribution in [1.82, 2.24) is 9.88 Å². The van der Waals surface area contributed by atoms with E-state index in [4.69, 9.17) is 9.47 Å². The van der Waals surface area contributed by atoms with Crippen molar-refractivity contribution >= 4 is 5.91 Å². The molecule has 0 aromatic carbocycles. The van der Waals surface area contributed by atoms with Gasteiger partial charge in [0.05, 0.1) is 18.2 Å². The first-order valence-electron chi connectivity index (χ1n) is 6.39. The molecule has 1 aromatic heterocycles. The first kappa shape index (κ1) is 11.7. The van der Waals surface area contributed by atoms with E-state index in [-0.39, 0.29) is 24.2 Å². The molecule has 2 fully saturated rings. The van der Waals surface area contributed by atoms with Crippen molar-refractivity contribution in [2.24, 2.45) is 0 Å². The summed E-state index contributed by atoms with van der Waals surface area (Å²) in [5.41, 5.74) is 0.705. The number of fused-ring (bicyclic) bond motifs is 1. The van der Waals surface area contributed by atoms with Crippen LogP contribution in [0.4, 0.5) is 0 Å². The topological polar surface area (TPSA) is 54.6 Å². The number of likely N-dealkylation sites (tertiary alicyclic amines) is 1. The minimum Gasteiger partial charge on any atom is -0.377 e. The van der Waals surface area contributed by atoms with E-state index in [1.807, 2.05) is 4.90 Å². The smallest absolute Gasteiger partial charge is 0.255 e.